The van der Waals surface area contributed by atoms with E-state index in [9.17, 15) is 9.18 Å². The summed E-state index contributed by atoms with van der Waals surface area (Å²) >= 11 is 0. The van der Waals surface area contributed by atoms with Crippen LogP contribution in [0.4, 0.5) is 14.9 Å². The van der Waals surface area contributed by atoms with Gasteiger partial charge in [0.05, 0.1) is 0 Å². The van der Waals surface area contributed by atoms with Crippen LogP contribution in [0, 0.1) is 5.82 Å². The summed E-state index contributed by atoms with van der Waals surface area (Å²) in [6.07, 6.45) is -0.367. The van der Waals surface area contributed by atoms with Gasteiger partial charge in [0, 0.05) is 18.3 Å². The van der Waals surface area contributed by atoms with E-state index in [1.807, 2.05) is 0 Å². The second kappa shape index (κ2) is 6.67. The molecule has 0 bridgehead atoms. The van der Waals surface area contributed by atoms with Crippen LogP contribution in [0.5, 0.6) is 0 Å². The zero-order valence-electron chi connectivity index (χ0n) is 11.9. The predicted molar refractivity (Wildman–Crippen MR) is 74.9 cm³/mol. The number of rotatable bonds is 4. The average Bonchev–Trinajstić information content (AvgIpc) is 2.29. The Labute approximate surface area is 117 Å². The maximum Gasteiger partial charge on any atom is 0.412 e. The van der Waals surface area contributed by atoms with Crippen molar-refractivity contribution >= 4 is 11.8 Å². The summed E-state index contributed by atoms with van der Waals surface area (Å²) in [6, 6.07) is 3.32. The molecule has 0 radical (unpaired) electrons. The van der Waals surface area contributed by atoms with Crippen molar-refractivity contribution in [2.45, 2.75) is 38.8 Å². The Bertz CT molecular complexity index is 472. The van der Waals surface area contributed by atoms with Crippen LogP contribution in [0.2, 0.25) is 0 Å². The summed E-state index contributed by atoms with van der Waals surface area (Å²) in [6.45, 7) is 5.12. The van der Waals surface area contributed by atoms with Gasteiger partial charge in [0.25, 0.3) is 0 Å². The van der Waals surface area contributed by atoms with E-state index < -0.39 is 23.6 Å². The minimum absolute atomic E-state index is 0.121. The van der Waals surface area contributed by atoms with Crippen molar-refractivity contribution in [3.8, 4) is 0 Å². The Hall–Kier alpha value is -1.66. The highest BCUT2D eigenvalue weighted by atomic mass is 19.1. The lowest BCUT2D eigenvalue weighted by atomic mass is 10.0. The number of carbonyl (C=O) groups excluding carboxylic acids is 1. The first-order valence-electron chi connectivity index (χ1n) is 6.39. The second-order valence-electron chi connectivity index (χ2n) is 5.48. The maximum absolute atomic E-state index is 13.3. The number of nitrogens with two attached hydrogens (primary N) is 1. The molecule has 4 N–H and O–H groups in total. The van der Waals surface area contributed by atoms with Crippen LogP contribution >= 0.6 is 0 Å². The van der Waals surface area contributed by atoms with E-state index in [2.05, 4.69) is 5.32 Å². The molecule has 0 heterocycles. The molecule has 1 rings (SSSR count). The molecular weight excluding hydrogens is 263 g/mol. The fourth-order valence-corrected chi connectivity index (χ4v) is 1.66. The number of hydrogen-bond acceptors (Lipinski definition) is 4. The molecule has 0 fully saturated rings. The molecule has 0 aliphatic rings. The lowest BCUT2D eigenvalue weighted by Gasteiger charge is -2.21. The molecule has 0 spiro atoms. The molecule has 20 heavy (non-hydrogen) atoms. The lowest BCUT2D eigenvalue weighted by Crippen LogP contribution is -2.28. The monoisotopic (exact) mass is 284 g/mol. The van der Waals surface area contributed by atoms with Crippen molar-refractivity contribution in [2.75, 3.05) is 11.9 Å². The standard InChI is InChI=1S/C14H21FN2O3/c1-14(2,3)20-13(19)17-12-5-4-9(15)8-10(12)11(16)6-7-18/h4-5,8,11,18H,6-7,16H2,1-3H3,(H,17,19). The summed E-state index contributed by atoms with van der Waals surface area (Å²) in [4.78, 5) is 11.7. The lowest BCUT2D eigenvalue weighted by molar-refractivity contribution is 0.0635. The van der Waals surface area contributed by atoms with Crippen molar-refractivity contribution in [1.82, 2.24) is 0 Å². The Kier molecular flexibility index (Phi) is 5.47. The number of aliphatic hydroxyl groups excluding tert-OH is 1. The van der Waals surface area contributed by atoms with Gasteiger partial charge in [-0.05, 0) is 51.0 Å². The van der Waals surface area contributed by atoms with E-state index >= 15 is 0 Å². The highest BCUT2D eigenvalue weighted by Crippen LogP contribution is 2.25. The Morgan fingerprint density at radius 2 is 2.15 bits per heavy atom. The third-order valence-corrected chi connectivity index (χ3v) is 2.49. The van der Waals surface area contributed by atoms with Crippen molar-refractivity contribution in [1.29, 1.82) is 0 Å². The number of halogens is 1. The molecule has 0 saturated heterocycles. The smallest absolute Gasteiger partial charge is 0.412 e. The molecule has 1 unspecified atom stereocenters. The molecule has 6 heteroatoms. The van der Waals surface area contributed by atoms with Gasteiger partial charge in [0.15, 0.2) is 0 Å². The Morgan fingerprint density at radius 1 is 1.50 bits per heavy atom. The van der Waals surface area contributed by atoms with Crippen LogP contribution in [0.1, 0.15) is 38.8 Å². The van der Waals surface area contributed by atoms with E-state index in [0.29, 0.717) is 11.3 Å². The summed E-state index contributed by atoms with van der Waals surface area (Å²) in [5.41, 5.74) is 6.03. The van der Waals surface area contributed by atoms with Crippen molar-refractivity contribution in [3.63, 3.8) is 0 Å². The second-order valence-corrected chi connectivity index (χ2v) is 5.48. The molecule has 0 aliphatic heterocycles. The summed E-state index contributed by atoms with van der Waals surface area (Å²) < 4.78 is 18.4. The normalized spacial score (nSPS) is 12.9. The third-order valence-electron chi connectivity index (χ3n) is 2.49. The molecule has 112 valence electrons. The molecule has 1 aromatic rings. The number of hydrogen-bond donors (Lipinski definition) is 3. The van der Waals surface area contributed by atoms with Crippen LogP contribution in [-0.4, -0.2) is 23.4 Å². The maximum atomic E-state index is 13.3. The van der Waals surface area contributed by atoms with Crippen LogP contribution in [0.15, 0.2) is 18.2 Å². The Morgan fingerprint density at radius 3 is 2.70 bits per heavy atom. The molecule has 0 aromatic heterocycles. The number of nitrogens with one attached hydrogen (secondary N) is 1. The first kappa shape index (κ1) is 16.4. The number of amides is 1. The topological polar surface area (TPSA) is 84.6 Å². The fraction of sp³-hybridized carbons (Fsp3) is 0.500. The molecule has 1 aromatic carbocycles. The van der Waals surface area contributed by atoms with Crippen molar-refractivity contribution in [3.05, 3.63) is 29.6 Å². The summed E-state index contributed by atoms with van der Waals surface area (Å²) in [7, 11) is 0. The number of aliphatic hydroxyl groups is 1. The third kappa shape index (κ3) is 5.14. The van der Waals surface area contributed by atoms with Crippen LogP contribution in [-0.2, 0) is 4.74 Å². The van der Waals surface area contributed by atoms with Gasteiger partial charge in [-0.3, -0.25) is 5.32 Å². The zero-order chi connectivity index (χ0) is 15.3. The van der Waals surface area contributed by atoms with E-state index in [1.165, 1.54) is 18.2 Å². The first-order chi connectivity index (χ1) is 9.23. The average molecular weight is 284 g/mol. The molecular formula is C14H21FN2O3. The van der Waals surface area contributed by atoms with Gasteiger partial charge < -0.3 is 15.6 Å². The van der Waals surface area contributed by atoms with E-state index in [1.54, 1.807) is 20.8 Å². The van der Waals surface area contributed by atoms with Gasteiger partial charge in [-0.2, -0.15) is 0 Å². The minimum atomic E-state index is -0.637. The largest absolute Gasteiger partial charge is 0.444 e. The van der Waals surface area contributed by atoms with E-state index in [4.69, 9.17) is 15.6 Å². The van der Waals surface area contributed by atoms with Crippen LogP contribution in [0.3, 0.4) is 0 Å². The quantitative estimate of drug-likeness (QED) is 0.793. The van der Waals surface area contributed by atoms with Gasteiger partial charge in [-0.1, -0.05) is 0 Å². The first-order valence-corrected chi connectivity index (χ1v) is 6.39. The van der Waals surface area contributed by atoms with Crippen molar-refractivity contribution in [2.24, 2.45) is 5.73 Å². The van der Waals surface area contributed by atoms with Gasteiger partial charge in [0.1, 0.15) is 11.4 Å². The SMILES string of the molecule is CC(C)(C)OC(=O)Nc1ccc(F)cc1C(N)CCO. The molecule has 0 aliphatic carbocycles. The Balaban J connectivity index is 2.91. The van der Waals surface area contributed by atoms with Gasteiger partial charge in [0.2, 0.25) is 0 Å². The molecule has 1 amide bonds. The number of anilines is 1. The van der Waals surface area contributed by atoms with Gasteiger partial charge in [-0.15, -0.1) is 0 Å². The fourth-order valence-electron chi connectivity index (χ4n) is 1.66. The zero-order valence-corrected chi connectivity index (χ0v) is 11.9. The molecule has 1 atom stereocenters. The summed E-state index contributed by atoms with van der Waals surface area (Å²) in [5.74, 6) is -0.455. The van der Waals surface area contributed by atoms with Crippen LogP contribution in [0.25, 0.3) is 0 Å². The van der Waals surface area contributed by atoms with Crippen LogP contribution < -0.4 is 11.1 Å². The van der Waals surface area contributed by atoms with Crippen molar-refractivity contribution < 1.29 is 19.0 Å². The molecule has 0 saturated carbocycles. The summed E-state index contributed by atoms with van der Waals surface area (Å²) in [5, 5.41) is 11.5. The number of carbonyl (C=O) groups is 1. The predicted octanol–water partition coefficient (Wildman–Crippen LogP) is 2.55. The van der Waals surface area contributed by atoms with Gasteiger partial charge in [-0.25, -0.2) is 9.18 Å². The number of ether oxygens (including phenoxy) is 1. The van der Waals surface area contributed by atoms with Gasteiger partial charge >= 0.3 is 6.09 Å². The number of benzene rings is 1. The molecule has 5 nitrogen and oxygen atoms in total. The highest BCUT2D eigenvalue weighted by molar-refractivity contribution is 5.86. The highest BCUT2D eigenvalue weighted by Gasteiger charge is 2.19. The van der Waals surface area contributed by atoms with E-state index in [0.717, 1.165) is 0 Å². The van der Waals surface area contributed by atoms with E-state index in [-0.39, 0.29) is 13.0 Å². The minimum Gasteiger partial charge on any atom is -0.444 e.